The molecule has 0 aromatic carbocycles. The zero-order valence-corrected chi connectivity index (χ0v) is 7.92. The summed E-state index contributed by atoms with van der Waals surface area (Å²) in [6, 6.07) is 0.160. The lowest BCUT2D eigenvalue weighted by atomic mass is 9.97. The van der Waals surface area contributed by atoms with Crippen molar-refractivity contribution in [3.63, 3.8) is 0 Å². The quantitative estimate of drug-likeness (QED) is 0.574. The van der Waals surface area contributed by atoms with Crippen LogP contribution in [0.1, 0.15) is 33.1 Å². The molecule has 68 valence electrons. The van der Waals surface area contributed by atoms with Gasteiger partial charge in [0.2, 0.25) is 0 Å². The summed E-state index contributed by atoms with van der Waals surface area (Å²) in [5.74, 6) is 0.797. The predicted octanol–water partition coefficient (Wildman–Crippen LogP) is 2.17. The summed E-state index contributed by atoms with van der Waals surface area (Å²) >= 11 is 0. The second-order valence-corrected chi connectivity index (χ2v) is 3.33. The van der Waals surface area contributed by atoms with Gasteiger partial charge in [-0.05, 0) is 12.3 Å². The van der Waals surface area contributed by atoms with E-state index in [-0.39, 0.29) is 11.9 Å². The lowest BCUT2D eigenvalue weighted by Crippen LogP contribution is -2.10. The average Bonchev–Trinajstić information content (AvgIpc) is 2.72. The van der Waals surface area contributed by atoms with E-state index in [2.05, 4.69) is 20.4 Å². The van der Waals surface area contributed by atoms with Gasteiger partial charge in [-0.2, -0.15) is 0 Å². The molecule has 0 N–H and O–H groups in total. The Morgan fingerprint density at radius 2 is 2.33 bits per heavy atom. The van der Waals surface area contributed by atoms with Gasteiger partial charge >= 0.3 is 0 Å². The van der Waals surface area contributed by atoms with Crippen LogP contribution in [-0.4, -0.2) is 16.8 Å². The highest BCUT2D eigenvalue weighted by Crippen LogP contribution is 2.32. The summed E-state index contributed by atoms with van der Waals surface area (Å²) in [6.07, 6.45) is 5.05. The Labute approximate surface area is 74.2 Å². The van der Waals surface area contributed by atoms with Gasteiger partial charge in [0.15, 0.2) is 0 Å². The van der Waals surface area contributed by atoms with Crippen molar-refractivity contribution in [2.45, 2.75) is 39.2 Å². The van der Waals surface area contributed by atoms with Gasteiger partial charge in [0.25, 0.3) is 5.91 Å². The fourth-order valence-corrected chi connectivity index (χ4v) is 1.79. The standard InChI is InChI=1S/C10H17NO/c1-4-7-8(5-2)9-10(12)11(9)6-3/h6,8-9H,3-5,7H2,1-2H3. The monoisotopic (exact) mass is 167 g/mol. The minimum absolute atomic E-state index is 0.160. The number of nitrogens with zero attached hydrogens (tertiary/aromatic N) is 1. The second-order valence-electron chi connectivity index (χ2n) is 3.33. The summed E-state index contributed by atoms with van der Waals surface area (Å²) in [5, 5.41) is 0. The molecule has 1 aliphatic heterocycles. The van der Waals surface area contributed by atoms with E-state index in [1.165, 1.54) is 0 Å². The van der Waals surface area contributed by atoms with Gasteiger partial charge in [-0.25, -0.2) is 0 Å². The van der Waals surface area contributed by atoms with Crippen LogP contribution in [0.25, 0.3) is 0 Å². The first-order chi connectivity index (χ1) is 5.76. The van der Waals surface area contributed by atoms with Gasteiger partial charge < -0.3 is 4.90 Å². The molecule has 2 heteroatoms. The molecule has 1 amide bonds. The molecule has 12 heavy (non-hydrogen) atoms. The number of amides is 1. The number of hydrogen-bond acceptors (Lipinski definition) is 1. The molecule has 0 spiro atoms. The molecule has 1 heterocycles. The zero-order valence-electron chi connectivity index (χ0n) is 7.92. The highest BCUT2D eigenvalue weighted by Gasteiger charge is 2.47. The minimum Gasteiger partial charge on any atom is -0.305 e. The van der Waals surface area contributed by atoms with Crippen LogP contribution >= 0.6 is 0 Å². The Morgan fingerprint density at radius 1 is 1.67 bits per heavy atom. The van der Waals surface area contributed by atoms with Crippen molar-refractivity contribution >= 4 is 5.91 Å². The topological polar surface area (TPSA) is 20.1 Å². The number of hydrogen-bond donors (Lipinski definition) is 0. The minimum atomic E-state index is 0.160. The molecule has 2 nitrogen and oxygen atoms in total. The summed E-state index contributed by atoms with van der Waals surface area (Å²) in [4.78, 5) is 12.9. The van der Waals surface area contributed by atoms with Gasteiger partial charge in [-0.3, -0.25) is 4.79 Å². The molecule has 1 saturated heterocycles. The number of carbonyl (C=O) groups excluding carboxylic acids is 1. The molecule has 0 saturated carbocycles. The van der Waals surface area contributed by atoms with Crippen molar-refractivity contribution in [2.24, 2.45) is 5.92 Å². The fourth-order valence-electron chi connectivity index (χ4n) is 1.79. The van der Waals surface area contributed by atoms with Crippen LogP contribution in [0.2, 0.25) is 0 Å². The van der Waals surface area contributed by atoms with Gasteiger partial charge in [-0.1, -0.05) is 33.3 Å². The van der Waals surface area contributed by atoms with Crippen LogP contribution in [0.4, 0.5) is 0 Å². The SMILES string of the molecule is C=CN1C(=O)C1C(CC)CCC. The predicted molar refractivity (Wildman–Crippen MR) is 49.5 cm³/mol. The molecule has 2 atom stereocenters. The Balaban J connectivity index is 2.46. The third kappa shape index (κ3) is 1.52. The Hall–Kier alpha value is -0.790. The second kappa shape index (κ2) is 3.74. The average molecular weight is 167 g/mol. The van der Waals surface area contributed by atoms with E-state index in [1.807, 2.05) is 0 Å². The van der Waals surface area contributed by atoms with Gasteiger partial charge in [0.05, 0.1) is 0 Å². The van der Waals surface area contributed by atoms with Crippen molar-refractivity contribution in [2.75, 3.05) is 0 Å². The summed E-state index contributed by atoms with van der Waals surface area (Å²) in [5.41, 5.74) is 0. The van der Waals surface area contributed by atoms with Crippen LogP contribution in [0.15, 0.2) is 12.8 Å². The Kier molecular flexibility index (Phi) is 2.90. The first-order valence-corrected chi connectivity index (χ1v) is 4.71. The van der Waals surface area contributed by atoms with Crippen molar-refractivity contribution in [1.29, 1.82) is 0 Å². The van der Waals surface area contributed by atoms with E-state index in [1.54, 1.807) is 11.1 Å². The van der Waals surface area contributed by atoms with E-state index in [9.17, 15) is 4.79 Å². The molecular weight excluding hydrogens is 150 g/mol. The first-order valence-electron chi connectivity index (χ1n) is 4.71. The van der Waals surface area contributed by atoms with Crippen molar-refractivity contribution in [3.8, 4) is 0 Å². The highest BCUT2D eigenvalue weighted by atomic mass is 16.2. The lowest BCUT2D eigenvalue weighted by molar-refractivity contribution is -0.113. The molecule has 0 radical (unpaired) electrons. The molecule has 0 aromatic rings. The zero-order chi connectivity index (χ0) is 9.14. The summed E-state index contributed by atoms with van der Waals surface area (Å²) < 4.78 is 0. The molecule has 1 fully saturated rings. The highest BCUT2D eigenvalue weighted by molar-refractivity contribution is 5.98. The third-order valence-corrected chi connectivity index (χ3v) is 2.57. The molecule has 0 aromatic heterocycles. The lowest BCUT2D eigenvalue weighted by Gasteiger charge is -2.09. The fraction of sp³-hybridized carbons (Fsp3) is 0.700. The maximum Gasteiger partial charge on any atom is 0.250 e. The third-order valence-electron chi connectivity index (χ3n) is 2.57. The Morgan fingerprint density at radius 3 is 2.67 bits per heavy atom. The van der Waals surface area contributed by atoms with Crippen LogP contribution in [-0.2, 0) is 4.79 Å². The molecule has 1 aliphatic rings. The van der Waals surface area contributed by atoms with E-state index in [4.69, 9.17) is 0 Å². The van der Waals surface area contributed by atoms with Crippen molar-refractivity contribution in [1.82, 2.24) is 4.90 Å². The Bertz CT molecular complexity index is 188. The van der Waals surface area contributed by atoms with E-state index in [0.29, 0.717) is 5.92 Å². The van der Waals surface area contributed by atoms with Crippen molar-refractivity contribution in [3.05, 3.63) is 12.8 Å². The summed E-state index contributed by atoms with van der Waals surface area (Å²) in [6.45, 7) is 7.91. The van der Waals surface area contributed by atoms with E-state index < -0.39 is 0 Å². The molecule has 2 unspecified atom stereocenters. The van der Waals surface area contributed by atoms with E-state index >= 15 is 0 Å². The molecule has 1 rings (SSSR count). The largest absolute Gasteiger partial charge is 0.305 e. The maximum atomic E-state index is 11.2. The van der Waals surface area contributed by atoms with Gasteiger partial charge in [-0.15, -0.1) is 0 Å². The van der Waals surface area contributed by atoms with Crippen LogP contribution < -0.4 is 0 Å². The maximum absolute atomic E-state index is 11.2. The van der Waals surface area contributed by atoms with Gasteiger partial charge in [0.1, 0.15) is 6.04 Å². The normalized spacial score (nSPS) is 24.0. The van der Waals surface area contributed by atoms with Crippen molar-refractivity contribution < 1.29 is 4.79 Å². The van der Waals surface area contributed by atoms with Crippen LogP contribution in [0.5, 0.6) is 0 Å². The summed E-state index contributed by atoms with van der Waals surface area (Å²) in [7, 11) is 0. The van der Waals surface area contributed by atoms with E-state index in [0.717, 1.165) is 19.3 Å². The van der Waals surface area contributed by atoms with Crippen LogP contribution in [0.3, 0.4) is 0 Å². The molecule has 0 aliphatic carbocycles. The first kappa shape index (κ1) is 9.30. The smallest absolute Gasteiger partial charge is 0.250 e. The number of rotatable bonds is 5. The van der Waals surface area contributed by atoms with Crippen LogP contribution in [0, 0.1) is 5.92 Å². The van der Waals surface area contributed by atoms with Gasteiger partial charge in [0, 0.05) is 6.20 Å². The molecular formula is C10H17NO. The number of carbonyl (C=O) groups is 1. The molecule has 0 bridgehead atoms.